The van der Waals surface area contributed by atoms with Crippen LogP contribution in [0.1, 0.15) is 31.7 Å². The Morgan fingerprint density at radius 1 is 1.22 bits per heavy atom. The summed E-state index contributed by atoms with van der Waals surface area (Å²) in [7, 11) is 0. The second-order valence-electron chi connectivity index (χ2n) is 8.85. The van der Waals surface area contributed by atoms with Crippen molar-refractivity contribution in [2.45, 2.75) is 50.1 Å². The smallest absolute Gasteiger partial charge is 0.393 e. The first kappa shape index (κ1) is 21.0. The lowest BCUT2D eigenvalue weighted by Gasteiger charge is -2.32. The average Bonchev–Trinajstić information content (AvgIpc) is 3.28. The lowest BCUT2D eigenvalue weighted by Crippen LogP contribution is -2.39. The van der Waals surface area contributed by atoms with Gasteiger partial charge < -0.3 is 20.4 Å². The maximum atomic E-state index is 13.2. The molecule has 3 N–H and O–H groups in total. The molecule has 1 atom stereocenters. The highest BCUT2D eigenvalue weighted by Gasteiger charge is 2.35. The molecule has 0 unspecified atom stereocenters. The second-order valence-corrected chi connectivity index (χ2v) is 8.85. The Labute approximate surface area is 181 Å². The van der Waals surface area contributed by atoms with Crippen molar-refractivity contribution in [1.29, 1.82) is 0 Å². The van der Waals surface area contributed by atoms with Gasteiger partial charge in [0.1, 0.15) is 5.82 Å². The van der Waals surface area contributed by atoms with E-state index in [1.165, 1.54) is 16.9 Å². The van der Waals surface area contributed by atoms with Crippen molar-refractivity contribution in [3.8, 4) is 5.69 Å². The number of aliphatic hydroxyl groups is 2. The van der Waals surface area contributed by atoms with Gasteiger partial charge in [-0.25, -0.2) is 4.68 Å². The Hall–Kier alpha value is -2.92. The molecule has 1 saturated heterocycles. The minimum Gasteiger partial charge on any atom is -0.393 e. The van der Waals surface area contributed by atoms with E-state index in [9.17, 15) is 23.4 Å². The van der Waals surface area contributed by atoms with Crippen LogP contribution in [0, 0.1) is 0 Å². The van der Waals surface area contributed by atoms with Crippen molar-refractivity contribution in [2.75, 3.05) is 23.3 Å². The number of β-amino-alcohol motifs (C(OH)–C–C–N with tert-alkyl or cyclic N) is 1. The average molecular weight is 448 g/mol. The molecule has 0 spiro atoms. The highest BCUT2D eigenvalue weighted by atomic mass is 19.4. The summed E-state index contributed by atoms with van der Waals surface area (Å²) in [4.78, 5) is 11.1. The molecule has 2 aromatic heterocycles. The molecule has 0 bridgehead atoms. The Balaban J connectivity index is 1.60. The molecule has 1 aliphatic heterocycles. The fourth-order valence-electron chi connectivity index (χ4n) is 4.22. The molecule has 8 nitrogen and oxygen atoms in total. The molecule has 5 rings (SSSR count). The van der Waals surface area contributed by atoms with Gasteiger partial charge in [-0.1, -0.05) is 6.07 Å². The molecule has 1 saturated carbocycles. The molecule has 170 valence electrons. The number of anilines is 2. The van der Waals surface area contributed by atoms with Crippen LogP contribution in [-0.4, -0.2) is 60.8 Å². The van der Waals surface area contributed by atoms with Crippen LogP contribution in [0.15, 0.2) is 30.5 Å². The van der Waals surface area contributed by atoms with Gasteiger partial charge in [-0.3, -0.25) is 0 Å². The van der Waals surface area contributed by atoms with Crippen LogP contribution < -0.4 is 10.2 Å². The van der Waals surface area contributed by atoms with Gasteiger partial charge in [-0.15, -0.1) is 0 Å². The molecule has 1 aliphatic carbocycles. The Bertz CT molecular complexity index is 1160. The standard InChI is InChI=1S/C21H23F3N6O2/c1-20(32)5-6-29(11-20)17-16-10-25-30(14-4-2-3-12(7-14)21(22,23)24)18(16)28-19(27-17)26-13-8-15(31)9-13/h2-4,7,10,13,15,31-32H,5-6,8-9,11H2,1H3,(H,26,27,28)/t13?,15?,20-/m1/s1. The highest BCUT2D eigenvalue weighted by molar-refractivity contribution is 5.89. The van der Waals surface area contributed by atoms with Crippen LogP contribution in [0.3, 0.4) is 0 Å². The van der Waals surface area contributed by atoms with E-state index in [1.807, 2.05) is 4.90 Å². The van der Waals surface area contributed by atoms with E-state index < -0.39 is 17.3 Å². The summed E-state index contributed by atoms with van der Waals surface area (Å²) in [5.74, 6) is 0.873. The largest absolute Gasteiger partial charge is 0.416 e. The monoisotopic (exact) mass is 448 g/mol. The lowest BCUT2D eigenvalue weighted by atomic mass is 9.90. The first-order chi connectivity index (χ1) is 15.1. The molecule has 0 radical (unpaired) electrons. The van der Waals surface area contributed by atoms with Crippen molar-refractivity contribution in [2.24, 2.45) is 0 Å². The van der Waals surface area contributed by atoms with Crippen molar-refractivity contribution < 1.29 is 23.4 Å². The summed E-state index contributed by atoms with van der Waals surface area (Å²) in [6, 6.07) is 4.93. The van der Waals surface area contributed by atoms with Crippen molar-refractivity contribution in [3.63, 3.8) is 0 Å². The highest BCUT2D eigenvalue weighted by Crippen LogP contribution is 2.34. The number of halogens is 3. The Morgan fingerprint density at radius 2 is 2.00 bits per heavy atom. The van der Waals surface area contributed by atoms with Crippen LogP contribution in [0.2, 0.25) is 0 Å². The van der Waals surface area contributed by atoms with Gasteiger partial charge in [0.05, 0.1) is 34.5 Å². The van der Waals surface area contributed by atoms with E-state index in [-0.39, 0.29) is 17.8 Å². The molecule has 11 heteroatoms. The van der Waals surface area contributed by atoms with Gasteiger partial charge in [0.25, 0.3) is 0 Å². The van der Waals surface area contributed by atoms with Crippen LogP contribution in [-0.2, 0) is 6.18 Å². The third-order valence-corrected chi connectivity index (χ3v) is 6.02. The zero-order chi connectivity index (χ0) is 22.7. The third kappa shape index (κ3) is 3.86. The maximum absolute atomic E-state index is 13.2. The number of aliphatic hydroxyl groups excluding tert-OH is 1. The summed E-state index contributed by atoms with van der Waals surface area (Å²) in [6.07, 6.45) is -1.59. The molecule has 0 amide bonds. The number of rotatable bonds is 4. The molecule has 3 heterocycles. The first-order valence-corrected chi connectivity index (χ1v) is 10.4. The third-order valence-electron chi connectivity index (χ3n) is 6.02. The number of nitrogens with zero attached hydrogens (tertiary/aromatic N) is 5. The van der Waals surface area contributed by atoms with Crippen molar-refractivity contribution in [3.05, 3.63) is 36.0 Å². The van der Waals surface area contributed by atoms with Crippen LogP contribution in [0.5, 0.6) is 0 Å². The van der Waals surface area contributed by atoms with Gasteiger partial charge in [0.15, 0.2) is 5.65 Å². The number of alkyl halides is 3. The zero-order valence-corrected chi connectivity index (χ0v) is 17.3. The summed E-state index contributed by atoms with van der Waals surface area (Å²) in [5.41, 5.74) is -1.04. The van der Waals surface area contributed by atoms with Gasteiger partial charge in [0.2, 0.25) is 5.95 Å². The van der Waals surface area contributed by atoms with E-state index in [0.717, 1.165) is 12.1 Å². The molecule has 32 heavy (non-hydrogen) atoms. The second kappa shape index (κ2) is 7.31. The maximum Gasteiger partial charge on any atom is 0.416 e. The predicted octanol–water partition coefficient (Wildman–Crippen LogP) is 2.73. The van der Waals surface area contributed by atoms with Crippen LogP contribution >= 0.6 is 0 Å². The quantitative estimate of drug-likeness (QED) is 0.565. The van der Waals surface area contributed by atoms with Gasteiger partial charge >= 0.3 is 6.18 Å². The number of benzene rings is 1. The van der Waals surface area contributed by atoms with Gasteiger partial charge in [-0.05, 0) is 44.4 Å². The van der Waals surface area contributed by atoms with E-state index in [0.29, 0.717) is 55.2 Å². The molecular weight excluding hydrogens is 425 g/mol. The topological polar surface area (TPSA) is 99.3 Å². The Kier molecular flexibility index (Phi) is 4.79. The fraction of sp³-hybridized carbons (Fsp3) is 0.476. The van der Waals surface area contributed by atoms with Crippen molar-refractivity contribution in [1.82, 2.24) is 19.7 Å². The number of fused-ring (bicyclic) bond motifs is 1. The molecular formula is C21H23F3N6O2. The van der Waals surface area contributed by atoms with E-state index >= 15 is 0 Å². The van der Waals surface area contributed by atoms with Crippen molar-refractivity contribution >= 4 is 22.8 Å². The minimum atomic E-state index is -4.47. The zero-order valence-electron chi connectivity index (χ0n) is 17.3. The number of hydrogen-bond donors (Lipinski definition) is 3. The fourth-order valence-corrected chi connectivity index (χ4v) is 4.22. The van der Waals surface area contributed by atoms with Gasteiger partial charge in [-0.2, -0.15) is 28.2 Å². The first-order valence-electron chi connectivity index (χ1n) is 10.4. The van der Waals surface area contributed by atoms with E-state index in [4.69, 9.17) is 0 Å². The van der Waals surface area contributed by atoms with Gasteiger partial charge in [0, 0.05) is 19.1 Å². The van der Waals surface area contributed by atoms with Crippen LogP contribution in [0.4, 0.5) is 24.9 Å². The lowest BCUT2D eigenvalue weighted by molar-refractivity contribution is -0.137. The summed E-state index contributed by atoms with van der Waals surface area (Å²) in [5, 5.41) is 28.1. The van der Waals surface area contributed by atoms with E-state index in [1.54, 1.807) is 13.0 Å². The summed E-state index contributed by atoms with van der Waals surface area (Å²) in [6.45, 7) is 2.71. The normalized spacial score (nSPS) is 25.9. The molecule has 3 aromatic rings. The molecule has 2 aliphatic rings. The van der Waals surface area contributed by atoms with E-state index in [2.05, 4.69) is 20.4 Å². The Morgan fingerprint density at radius 3 is 2.66 bits per heavy atom. The summed E-state index contributed by atoms with van der Waals surface area (Å²) < 4.78 is 41.1. The van der Waals surface area contributed by atoms with Crippen LogP contribution in [0.25, 0.3) is 16.7 Å². The number of hydrogen-bond acceptors (Lipinski definition) is 7. The number of nitrogens with one attached hydrogen (secondary N) is 1. The SMILES string of the molecule is C[C@@]1(O)CCN(c2nc(NC3CC(O)C3)nc3c2cnn3-c2cccc(C(F)(F)F)c2)C1. The predicted molar refractivity (Wildman–Crippen MR) is 112 cm³/mol. The molecule has 2 fully saturated rings. The molecule has 1 aromatic carbocycles. The summed E-state index contributed by atoms with van der Waals surface area (Å²) >= 11 is 0. The number of aromatic nitrogens is 4. The minimum absolute atomic E-state index is 0.0157.